The Morgan fingerprint density at radius 2 is 1.81 bits per heavy atom. The molecule has 4 rings (SSSR count). The summed E-state index contributed by atoms with van der Waals surface area (Å²) < 4.78 is 10.7. The Morgan fingerprint density at radius 3 is 2.49 bits per heavy atom. The van der Waals surface area contributed by atoms with Crippen LogP contribution in [0.1, 0.15) is 36.5 Å². The van der Waals surface area contributed by atoms with Crippen LogP contribution in [0, 0.1) is 5.92 Å². The SMILES string of the molecule is COc1ccc(CC/C(=N/Nc2ccc(C3=NNC(=O)CC3C)cc2)c2ccc(O)cc2O)cc1OC. The molecule has 1 aliphatic heterocycles. The van der Waals surface area contributed by atoms with Gasteiger partial charge in [-0.3, -0.25) is 10.2 Å². The average Bonchev–Trinajstić information content (AvgIpc) is 2.89. The van der Waals surface area contributed by atoms with Gasteiger partial charge in [0, 0.05) is 24.0 Å². The highest BCUT2D eigenvalue weighted by Crippen LogP contribution is 2.29. The summed E-state index contributed by atoms with van der Waals surface area (Å²) >= 11 is 0. The molecule has 0 aromatic heterocycles. The number of hydrazone groups is 2. The van der Waals surface area contributed by atoms with Gasteiger partial charge < -0.3 is 19.7 Å². The lowest BCUT2D eigenvalue weighted by Gasteiger charge is -2.19. The molecule has 1 unspecified atom stereocenters. The Morgan fingerprint density at radius 1 is 1.05 bits per heavy atom. The number of methoxy groups -OCH3 is 2. The Hall–Kier alpha value is -4.53. The van der Waals surface area contributed by atoms with Gasteiger partial charge >= 0.3 is 0 Å². The molecule has 0 bridgehead atoms. The van der Waals surface area contributed by atoms with Crippen molar-refractivity contribution in [2.75, 3.05) is 19.6 Å². The zero-order valence-corrected chi connectivity index (χ0v) is 21.0. The molecule has 0 radical (unpaired) electrons. The van der Waals surface area contributed by atoms with Gasteiger partial charge in [-0.1, -0.05) is 25.1 Å². The number of amides is 1. The van der Waals surface area contributed by atoms with Crippen LogP contribution in [0.4, 0.5) is 5.69 Å². The van der Waals surface area contributed by atoms with Crippen molar-refractivity contribution in [3.05, 3.63) is 77.4 Å². The van der Waals surface area contributed by atoms with Gasteiger partial charge in [0.25, 0.3) is 0 Å². The molecule has 192 valence electrons. The number of rotatable bonds is 9. The standard InChI is InChI=1S/C28H30N4O5/c1-17-14-27(35)31-32-28(17)19-6-8-20(9-7-19)29-30-23(22-11-10-21(33)16-24(22)34)12-4-18-5-13-25(36-2)26(15-18)37-3/h5-11,13,15-17,29,33-34H,4,12,14H2,1-3H3,(H,31,35)/b30-23-. The van der Waals surface area contributed by atoms with E-state index in [1.807, 2.05) is 49.4 Å². The number of benzene rings is 3. The van der Waals surface area contributed by atoms with Crippen LogP contribution in [-0.4, -0.2) is 41.8 Å². The van der Waals surface area contributed by atoms with Crippen molar-refractivity contribution in [2.24, 2.45) is 16.1 Å². The Bertz CT molecular complexity index is 1330. The molecule has 37 heavy (non-hydrogen) atoms. The van der Waals surface area contributed by atoms with Crippen molar-refractivity contribution in [2.45, 2.75) is 26.2 Å². The zero-order chi connectivity index (χ0) is 26.4. The second-order valence-corrected chi connectivity index (χ2v) is 8.78. The molecule has 1 heterocycles. The minimum Gasteiger partial charge on any atom is -0.508 e. The Balaban J connectivity index is 1.55. The van der Waals surface area contributed by atoms with Gasteiger partial charge in [-0.2, -0.15) is 10.2 Å². The fourth-order valence-corrected chi connectivity index (χ4v) is 4.16. The molecule has 1 aliphatic rings. The summed E-state index contributed by atoms with van der Waals surface area (Å²) in [6.45, 7) is 1.98. The van der Waals surface area contributed by atoms with Crippen molar-refractivity contribution in [1.82, 2.24) is 5.43 Å². The number of hydrogen-bond acceptors (Lipinski definition) is 8. The third-order valence-corrected chi connectivity index (χ3v) is 6.15. The maximum atomic E-state index is 11.5. The maximum absolute atomic E-state index is 11.5. The van der Waals surface area contributed by atoms with Crippen LogP contribution >= 0.6 is 0 Å². The largest absolute Gasteiger partial charge is 0.508 e. The summed E-state index contributed by atoms with van der Waals surface area (Å²) in [6.07, 6.45) is 1.54. The molecule has 3 aromatic carbocycles. The van der Waals surface area contributed by atoms with E-state index >= 15 is 0 Å². The first kappa shape index (κ1) is 25.6. The zero-order valence-electron chi connectivity index (χ0n) is 21.0. The third kappa shape index (κ3) is 6.19. The van der Waals surface area contributed by atoms with E-state index in [1.165, 1.54) is 12.1 Å². The fourth-order valence-electron chi connectivity index (χ4n) is 4.16. The first-order valence-electron chi connectivity index (χ1n) is 11.9. The molecule has 4 N–H and O–H groups in total. The molecule has 0 aliphatic carbocycles. The van der Waals surface area contributed by atoms with Crippen LogP contribution in [-0.2, 0) is 11.2 Å². The number of ether oxygens (including phenoxy) is 2. The van der Waals surface area contributed by atoms with Crippen LogP contribution < -0.4 is 20.3 Å². The fraction of sp³-hybridized carbons (Fsp3) is 0.250. The Labute approximate surface area is 215 Å². The van der Waals surface area contributed by atoms with Crippen molar-refractivity contribution < 1.29 is 24.5 Å². The van der Waals surface area contributed by atoms with Gasteiger partial charge in [-0.05, 0) is 60.4 Å². The van der Waals surface area contributed by atoms with E-state index in [9.17, 15) is 15.0 Å². The minimum atomic E-state index is -0.0815. The van der Waals surface area contributed by atoms with Gasteiger partial charge in [0.1, 0.15) is 11.5 Å². The summed E-state index contributed by atoms with van der Waals surface area (Å²) in [6, 6.07) is 17.8. The minimum absolute atomic E-state index is 0.0277. The second-order valence-electron chi connectivity index (χ2n) is 8.78. The van der Waals surface area contributed by atoms with Gasteiger partial charge in [0.2, 0.25) is 5.91 Å². The number of carbonyl (C=O) groups excluding carboxylic acids is 1. The summed E-state index contributed by atoms with van der Waals surface area (Å²) in [5.74, 6) is 1.15. The number of phenolic OH excluding ortho intramolecular Hbond substituents is 2. The summed E-state index contributed by atoms with van der Waals surface area (Å²) in [5, 5.41) is 29.0. The normalized spacial score (nSPS) is 15.5. The average molecular weight is 503 g/mol. The second kappa shape index (κ2) is 11.5. The number of hydrogen-bond donors (Lipinski definition) is 4. The van der Waals surface area contributed by atoms with Gasteiger partial charge in [-0.25, -0.2) is 5.43 Å². The molecule has 9 heteroatoms. The molecule has 0 fully saturated rings. The smallest absolute Gasteiger partial charge is 0.240 e. The van der Waals surface area contributed by atoms with Gasteiger partial charge in [0.05, 0.1) is 31.3 Å². The molecule has 1 amide bonds. The van der Waals surface area contributed by atoms with E-state index in [1.54, 1.807) is 20.3 Å². The van der Waals surface area contributed by atoms with Crippen LogP contribution in [0.3, 0.4) is 0 Å². The number of nitrogens with one attached hydrogen (secondary N) is 2. The number of anilines is 1. The lowest BCUT2D eigenvalue weighted by Crippen LogP contribution is -2.31. The lowest BCUT2D eigenvalue weighted by molar-refractivity contribution is -0.121. The van der Waals surface area contributed by atoms with Crippen LogP contribution in [0.2, 0.25) is 0 Å². The first-order chi connectivity index (χ1) is 17.9. The molecule has 3 aromatic rings. The highest BCUT2D eigenvalue weighted by atomic mass is 16.5. The summed E-state index contributed by atoms with van der Waals surface area (Å²) in [4.78, 5) is 11.5. The van der Waals surface area contributed by atoms with Crippen molar-refractivity contribution >= 4 is 23.0 Å². The van der Waals surface area contributed by atoms with Crippen molar-refractivity contribution in [1.29, 1.82) is 0 Å². The quantitative estimate of drug-likeness (QED) is 0.254. The number of aryl methyl sites for hydroxylation is 1. The van der Waals surface area contributed by atoms with E-state index in [2.05, 4.69) is 21.1 Å². The van der Waals surface area contributed by atoms with Crippen LogP contribution in [0.5, 0.6) is 23.0 Å². The van der Waals surface area contributed by atoms with Crippen LogP contribution in [0.15, 0.2) is 70.9 Å². The highest BCUT2D eigenvalue weighted by molar-refractivity contribution is 6.06. The number of nitrogens with zero attached hydrogens (tertiary/aromatic N) is 2. The molecule has 0 spiro atoms. The van der Waals surface area contributed by atoms with E-state index in [-0.39, 0.29) is 23.3 Å². The molecule has 0 saturated carbocycles. The van der Waals surface area contributed by atoms with Crippen LogP contribution in [0.25, 0.3) is 0 Å². The Kier molecular flexibility index (Phi) is 7.92. The molecular formula is C28H30N4O5. The van der Waals surface area contributed by atoms with E-state index in [0.29, 0.717) is 42.0 Å². The molecule has 1 atom stereocenters. The maximum Gasteiger partial charge on any atom is 0.240 e. The highest BCUT2D eigenvalue weighted by Gasteiger charge is 2.21. The summed E-state index contributed by atoms with van der Waals surface area (Å²) in [5.41, 5.74) is 10.3. The van der Waals surface area contributed by atoms with E-state index in [0.717, 1.165) is 22.5 Å². The predicted octanol–water partition coefficient (Wildman–Crippen LogP) is 4.42. The van der Waals surface area contributed by atoms with Gasteiger partial charge in [-0.15, -0.1) is 0 Å². The summed E-state index contributed by atoms with van der Waals surface area (Å²) in [7, 11) is 3.19. The van der Waals surface area contributed by atoms with Crippen molar-refractivity contribution in [3.8, 4) is 23.0 Å². The third-order valence-electron chi connectivity index (χ3n) is 6.15. The topological polar surface area (TPSA) is 125 Å². The van der Waals surface area contributed by atoms with E-state index < -0.39 is 0 Å². The monoisotopic (exact) mass is 502 g/mol. The lowest BCUT2D eigenvalue weighted by atomic mass is 9.94. The number of aromatic hydroxyl groups is 2. The number of phenols is 2. The molecular weight excluding hydrogens is 472 g/mol. The first-order valence-corrected chi connectivity index (χ1v) is 11.9. The molecule has 0 saturated heterocycles. The molecule has 9 nitrogen and oxygen atoms in total. The van der Waals surface area contributed by atoms with E-state index in [4.69, 9.17) is 9.47 Å². The van der Waals surface area contributed by atoms with Gasteiger partial charge in [0.15, 0.2) is 11.5 Å². The number of carbonyl (C=O) groups is 1. The predicted molar refractivity (Wildman–Crippen MR) is 143 cm³/mol. The van der Waals surface area contributed by atoms with Crippen molar-refractivity contribution in [3.63, 3.8) is 0 Å².